The van der Waals surface area contributed by atoms with Gasteiger partial charge in [0.2, 0.25) is 0 Å². The zero-order valence-corrected chi connectivity index (χ0v) is 20.1. The lowest BCUT2D eigenvalue weighted by atomic mass is 9.79. The quantitative estimate of drug-likeness (QED) is 0.449. The Bertz CT molecular complexity index is 938. The second-order valence-corrected chi connectivity index (χ2v) is 9.90. The van der Waals surface area contributed by atoms with Crippen molar-refractivity contribution in [3.8, 4) is 0 Å². The van der Waals surface area contributed by atoms with Crippen molar-refractivity contribution >= 4 is 40.6 Å². The number of nitrogens with zero attached hydrogens (tertiary/aromatic N) is 2. The maximum absolute atomic E-state index is 12.7. The normalized spacial score (nSPS) is 21.6. The molecule has 168 valence electrons. The number of thioether (sulfide) groups is 1. The first-order chi connectivity index (χ1) is 14.6. The Morgan fingerprint density at radius 3 is 2.65 bits per heavy atom. The van der Waals surface area contributed by atoms with E-state index in [1.165, 1.54) is 11.3 Å². The third-order valence-electron chi connectivity index (χ3n) is 5.97. The number of amides is 2. The number of ether oxygens (including phenoxy) is 1. The number of carbonyl (C=O) groups excluding carboxylic acids is 3. The molecule has 2 amide bonds. The molecule has 3 rings (SSSR count). The average Bonchev–Trinajstić information content (AvgIpc) is 2.93. The van der Waals surface area contributed by atoms with Gasteiger partial charge in [-0.05, 0) is 93.1 Å². The van der Waals surface area contributed by atoms with Crippen LogP contribution in [0.1, 0.15) is 70.1 Å². The van der Waals surface area contributed by atoms with Crippen LogP contribution in [-0.2, 0) is 14.3 Å². The van der Waals surface area contributed by atoms with Gasteiger partial charge in [-0.25, -0.2) is 0 Å². The van der Waals surface area contributed by atoms with Gasteiger partial charge < -0.3 is 9.64 Å². The van der Waals surface area contributed by atoms with Gasteiger partial charge >= 0.3 is 5.97 Å². The summed E-state index contributed by atoms with van der Waals surface area (Å²) in [6.45, 7) is 13.6. The number of hydrogen-bond donors (Lipinski definition) is 0. The summed E-state index contributed by atoms with van der Waals surface area (Å²) in [4.78, 5) is 40.6. The highest BCUT2D eigenvalue weighted by atomic mass is 32.2. The van der Waals surface area contributed by atoms with E-state index >= 15 is 0 Å². The van der Waals surface area contributed by atoms with Crippen LogP contribution in [0.3, 0.4) is 0 Å². The highest BCUT2D eigenvalue weighted by molar-refractivity contribution is 8.18. The number of fused-ring (bicyclic) bond motifs is 1. The summed E-state index contributed by atoms with van der Waals surface area (Å²) in [7, 11) is 0. The summed E-state index contributed by atoms with van der Waals surface area (Å²) in [5.41, 5.74) is 4.61. The Hall–Kier alpha value is -2.28. The van der Waals surface area contributed by atoms with Crippen LogP contribution in [0, 0.1) is 6.92 Å². The van der Waals surface area contributed by atoms with Gasteiger partial charge in [0.25, 0.3) is 11.1 Å². The number of esters is 1. The van der Waals surface area contributed by atoms with Crippen molar-refractivity contribution in [2.24, 2.45) is 0 Å². The van der Waals surface area contributed by atoms with E-state index < -0.39 is 17.1 Å². The highest BCUT2D eigenvalue weighted by Gasteiger charge is 2.38. The van der Waals surface area contributed by atoms with Crippen LogP contribution >= 0.6 is 11.8 Å². The van der Waals surface area contributed by atoms with Gasteiger partial charge in [0.05, 0.1) is 11.5 Å². The molecule has 0 saturated carbocycles. The SMILES string of the molecule is CCCN1c2cc(C)c(/C=C3\SC(=O)N(CC(=O)OCC)C3=O)cc2C(C)CC1(C)C. The number of rotatable bonds is 6. The number of aryl methyl sites for hydroxylation is 1. The molecule has 7 heteroatoms. The van der Waals surface area contributed by atoms with Crippen molar-refractivity contribution in [1.29, 1.82) is 0 Å². The molecule has 0 spiro atoms. The largest absolute Gasteiger partial charge is 0.465 e. The zero-order valence-electron chi connectivity index (χ0n) is 19.3. The van der Waals surface area contributed by atoms with Crippen LogP contribution in [0.5, 0.6) is 0 Å². The van der Waals surface area contributed by atoms with E-state index in [2.05, 4.69) is 44.7 Å². The Morgan fingerprint density at radius 1 is 1.29 bits per heavy atom. The predicted octanol–water partition coefficient (Wildman–Crippen LogP) is 5.10. The monoisotopic (exact) mass is 444 g/mol. The molecule has 1 unspecified atom stereocenters. The maximum Gasteiger partial charge on any atom is 0.326 e. The molecule has 0 aromatic heterocycles. The molecular weight excluding hydrogens is 412 g/mol. The molecule has 6 nitrogen and oxygen atoms in total. The lowest BCUT2D eigenvalue weighted by molar-refractivity contribution is -0.145. The Labute approximate surface area is 189 Å². The second kappa shape index (κ2) is 9.07. The molecule has 1 atom stereocenters. The van der Waals surface area contributed by atoms with Gasteiger partial charge in [-0.15, -0.1) is 0 Å². The van der Waals surface area contributed by atoms with Crippen LogP contribution in [0.2, 0.25) is 0 Å². The van der Waals surface area contributed by atoms with Crippen LogP contribution in [0.15, 0.2) is 17.0 Å². The van der Waals surface area contributed by atoms with E-state index in [0.717, 1.165) is 47.2 Å². The van der Waals surface area contributed by atoms with Gasteiger partial charge in [0.1, 0.15) is 6.54 Å². The van der Waals surface area contributed by atoms with E-state index in [4.69, 9.17) is 4.74 Å². The Balaban J connectivity index is 1.94. The predicted molar refractivity (Wildman–Crippen MR) is 125 cm³/mol. The number of imide groups is 1. The minimum absolute atomic E-state index is 0.0894. The summed E-state index contributed by atoms with van der Waals surface area (Å²) >= 11 is 0.872. The van der Waals surface area contributed by atoms with Gasteiger partial charge in [-0.1, -0.05) is 13.8 Å². The molecule has 1 aromatic carbocycles. The Morgan fingerprint density at radius 2 is 2.00 bits per heavy atom. The van der Waals surface area contributed by atoms with Crippen molar-refractivity contribution < 1.29 is 19.1 Å². The van der Waals surface area contributed by atoms with E-state index in [1.54, 1.807) is 13.0 Å². The molecular formula is C24H32N2O4S. The first-order valence-corrected chi connectivity index (χ1v) is 11.7. The number of carbonyl (C=O) groups is 3. The molecule has 2 heterocycles. The Kier molecular flexibility index (Phi) is 6.84. The lowest BCUT2D eigenvalue weighted by Crippen LogP contribution is -2.48. The van der Waals surface area contributed by atoms with E-state index in [1.807, 2.05) is 6.92 Å². The minimum Gasteiger partial charge on any atom is -0.465 e. The molecule has 2 aliphatic heterocycles. The number of hydrogen-bond acceptors (Lipinski definition) is 6. The molecule has 2 aliphatic rings. The summed E-state index contributed by atoms with van der Waals surface area (Å²) in [5, 5.41) is -0.441. The second-order valence-electron chi connectivity index (χ2n) is 8.91. The lowest BCUT2D eigenvalue weighted by Gasteiger charge is -2.48. The average molecular weight is 445 g/mol. The van der Waals surface area contributed by atoms with Gasteiger partial charge in [-0.2, -0.15) is 0 Å². The number of benzene rings is 1. The fourth-order valence-electron chi connectivity index (χ4n) is 4.57. The first-order valence-electron chi connectivity index (χ1n) is 10.9. The summed E-state index contributed by atoms with van der Waals surface area (Å²) in [6, 6.07) is 4.36. The minimum atomic E-state index is -0.580. The third-order valence-corrected chi connectivity index (χ3v) is 6.88. The van der Waals surface area contributed by atoms with Crippen molar-refractivity contribution in [1.82, 2.24) is 4.90 Å². The molecule has 0 bridgehead atoms. The maximum atomic E-state index is 12.7. The fraction of sp³-hybridized carbons (Fsp3) is 0.542. The van der Waals surface area contributed by atoms with E-state index in [-0.39, 0.29) is 18.7 Å². The zero-order chi connectivity index (χ0) is 22.9. The van der Waals surface area contributed by atoms with Gasteiger partial charge in [0, 0.05) is 17.8 Å². The van der Waals surface area contributed by atoms with Crippen molar-refractivity contribution in [3.63, 3.8) is 0 Å². The smallest absolute Gasteiger partial charge is 0.326 e. The molecule has 0 N–H and O–H groups in total. The molecule has 0 radical (unpaired) electrons. The van der Waals surface area contributed by atoms with Crippen LogP contribution in [0.25, 0.3) is 6.08 Å². The molecule has 0 aliphatic carbocycles. The van der Waals surface area contributed by atoms with Gasteiger partial charge in [-0.3, -0.25) is 19.3 Å². The van der Waals surface area contributed by atoms with E-state index in [9.17, 15) is 14.4 Å². The van der Waals surface area contributed by atoms with E-state index in [0.29, 0.717) is 10.8 Å². The summed E-state index contributed by atoms with van der Waals surface area (Å²) < 4.78 is 4.88. The molecule has 1 aromatic rings. The summed E-state index contributed by atoms with van der Waals surface area (Å²) in [6.07, 6.45) is 3.91. The van der Waals surface area contributed by atoms with Crippen LogP contribution in [-0.4, -0.2) is 47.3 Å². The number of anilines is 1. The van der Waals surface area contributed by atoms with Crippen molar-refractivity contribution in [2.75, 3.05) is 24.6 Å². The first kappa shape index (κ1) is 23.4. The fourth-order valence-corrected chi connectivity index (χ4v) is 5.40. The third kappa shape index (κ3) is 4.66. The van der Waals surface area contributed by atoms with Crippen molar-refractivity contribution in [2.45, 2.75) is 65.8 Å². The standard InChI is InChI=1S/C24H32N2O4S/c1-7-9-26-19-10-15(3)17(11-18(19)16(4)13-24(26,5)6)12-20-22(28)25(23(29)31-20)14-21(27)30-8-2/h10-12,16H,7-9,13-14H2,1-6H3/b20-12-. The van der Waals surface area contributed by atoms with Crippen LogP contribution < -0.4 is 4.90 Å². The highest BCUT2D eigenvalue weighted by Crippen LogP contribution is 2.45. The molecule has 31 heavy (non-hydrogen) atoms. The summed E-state index contributed by atoms with van der Waals surface area (Å²) in [5.74, 6) is -0.629. The van der Waals surface area contributed by atoms with Gasteiger partial charge in [0.15, 0.2) is 0 Å². The molecule has 1 saturated heterocycles. The van der Waals surface area contributed by atoms with Crippen LogP contribution in [0.4, 0.5) is 10.5 Å². The van der Waals surface area contributed by atoms with Crippen molar-refractivity contribution in [3.05, 3.63) is 33.7 Å². The molecule has 1 fully saturated rings. The topological polar surface area (TPSA) is 66.9 Å².